The van der Waals surface area contributed by atoms with Gasteiger partial charge in [0.15, 0.2) is 5.65 Å². The summed E-state index contributed by atoms with van der Waals surface area (Å²) < 4.78 is 40.0. The quantitative estimate of drug-likeness (QED) is 0.617. The highest BCUT2D eigenvalue weighted by Gasteiger charge is 2.32. The predicted molar refractivity (Wildman–Crippen MR) is 112 cm³/mol. The third kappa shape index (κ3) is 4.92. The van der Waals surface area contributed by atoms with Crippen LogP contribution in [0.5, 0.6) is 0 Å². The van der Waals surface area contributed by atoms with E-state index in [9.17, 15) is 18.0 Å². The molecule has 1 amide bonds. The number of rotatable bonds is 4. The largest absolute Gasteiger partial charge is 0.417 e. The lowest BCUT2D eigenvalue weighted by Gasteiger charge is -2.31. The molecule has 0 aliphatic carbocycles. The van der Waals surface area contributed by atoms with Crippen LogP contribution in [0, 0.1) is 5.92 Å². The average molecular weight is 452 g/mol. The molecule has 6 nitrogen and oxygen atoms in total. The van der Waals surface area contributed by atoms with E-state index in [1.807, 2.05) is 6.07 Å². The van der Waals surface area contributed by atoms with Crippen LogP contribution in [-0.4, -0.2) is 33.4 Å². The van der Waals surface area contributed by atoms with Crippen molar-refractivity contribution in [3.05, 3.63) is 53.1 Å². The number of nitrogens with one attached hydrogen (secondary N) is 1. The highest BCUT2D eigenvalue weighted by Crippen LogP contribution is 2.32. The molecule has 10 heteroatoms. The Morgan fingerprint density at radius 1 is 1.26 bits per heavy atom. The molecule has 0 radical (unpaired) electrons. The summed E-state index contributed by atoms with van der Waals surface area (Å²) in [5.74, 6) is 1.25. The lowest BCUT2D eigenvalue weighted by Crippen LogP contribution is -2.33. The number of hydrogen-bond donors (Lipinski definition) is 1. The Balaban J connectivity index is 1.41. The molecule has 164 valence electrons. The van der Waals surface area contributed by atoms with Gasteiger partial charge in [-0.1, -0.05) is 18.5 Å². The number of alkyl halides is 3. The van der Waals surface area contributed by atoms with Gasteiger partial charge in [0.1, 0.15) is 5.82 Å². The first-order chi connectivity index (χ1) is 14.7. The van der Waals surface area contributed by atoms with E-state index in [1.165, 1.54) is 10.6 Å². The van der Waals surface area contributed by atoms with Crippen molar-refractivity contribution in [1.29, 1.82) is 0 Å². The Labute approximate surface area is 182 Å². The number of fused-ring (bicyclic) bond motifs is 1. The fourth-order valence-corrected chi connectivity index (χ4v) is 3.86. The minimum absolute atomic E-state index is 0.106. The van der Waals surface area contributed by atoms with Crippen molar-refractivity contribution < 1.29 is 18.0 Å². The van der Waals surface area contributed by atoms with Crippen LogP contribution in [0.15, 0.2) is 36.8 Å². The summed E-state index contributed by atoms with van der Waals surface area (Å²) in [4.78, 5) is 23.2. The number of piperidine rings is 1. The van der Waals surface area contributed by atoms with Crippen LogP contribution in [0.3, 0.4) is 0 Å². The highest BCUT2D eigenvalue weighted by atomic mass is 35.5. The van der Waals surface area contributed by atoms with E-state index in [-0.39, 0.29) is 23.0 Å². The summed E-state index contributed by atoms with van der Waals surface area (Å²) in [5, 5.41) is 2.61. The SMILES string of the molecule is CC1CCN(c2ccc(NC(=O)Cc3cn4cc(C(F)(F)F)cc(Cl)c4n3)cn2)CC1. The van der Waals surface area contributed by atoms with Crippen LogP contribution in [0.4, 0.5) is 24.7 Å². The monoisotopic (exact) mass is 451 g/mol. The Morgan fingerprint density at radius 2 is 2.00 bits per heavy atom. The number of nitrogens with zero attached hydrogens (tertiary/aromatic N) is 4. The Hall–Kier alpha value is -2.81. The number of anilines is 2. The lowest BCUT2D eigenvalue weighted by atomic mass is 9.99. The molecular weight excluding hydrogens is 431 g/mol. The number of pyridine rings is 2. The second-order valence-electron chi connectivity index (χ2n) is 7.84. The van der Waals surface area contributed by atoms with Gasteiger partial charge < -0.3 is 14.6 Å². The molecule has 4 rings (SSSR count). The molecule has 0 saturated carbocycles. The van der Waals surface area contributed by atoms with Gasteiger partial charge in [0.05, 0.1) is 34.6 Å². The van der Waals surface area contributed by atoms with Crippen LogP contribution in [0.1, 0.15) is 31.0 Å². The van der Waals surface area contributed by atoms with Crippen molar-refractivity contribution in [3.63, 3.8) is 0 Å². The first-order valence-corrected chi connectivity index (χ1v) is 10.3. The molecule has 0 unspecified atom stereocenters. The Bertz CT molecular complexity index is 1090. The van der Waals surface area contributed by atoms with Crippen LogP contribution < -0.4 is 10.2 Å². The molecule has 1 fully saturated rings. The third-order valence-electron chi connectivity index (χ3n) is 5.36. The first kappa shape index (κ1) is 21.4. The van der Waals surface area contributed by atoms with Gasteiger partial charge in [0.2, 0.25) is 5.91 Å². The minimum Gasteiger partial charge on any atom is -0.357 e. The Morgan fingerprint density at radius 3 is 2.65 bits per heavy atom. The molecule has 1 N–H and O–H groups in total. The van der Waals surface area contributed by atoms with E-state index < -0.39 is 11.7 Å². The zero-order chi connectivity index (χ0) is 22.2. The topological polar surface area (TPSA) is 62.5 Å². The maximum absolute atomic E-state index is 13.0. The number of hydrogen-bond acceptors (Lipinski definition) is 4. The molecule has 1 aliphatic rings. The van der Waals surface area contributed by atoms with Crippen molar-refractivity contribution in [3.8, 4) is 0 Å². The van der Waals surface area contributed by atoms with E-state index in [0.29, 0.717) is 11.4 Å². The molecule has 3 aromatic heterocycles. The van der Waals surface area contributed by atoms with E-state index in [4.69, 9.17) is 11.6 Å². The van der Waals surface area contributed by atoms with Crippen molar-refractivity contribution >= 4 is 34.7 Å². The van der Waals surface area contributed by atoms with Gasteiger partial charge in [-0.2, -0.15) is 13.2 Å². The average Bonchev–Trinajstić information content (AvgIpc) is 3.11. The van der Waals surface area contributed by atoms with Gasteiger partial charge in [-0.05, 0) is 37.0 Å². The van der Waals surface area contributed by atoms with Crippen LogP contribution in [-0.2, 0) is 17.4 Å². The van der Waals surface area contributed by atoms with Crippen molar-refractivity contribution in [2.45, 2.75) is 32.4 Å². The van der Waals surface area contributed by atoms with Crippen LogP contribution >= 0.6 is 11.6 Å². The maximum atomic E-state index is 13.0. The van der Waals surface area contributed by atoms with Crippen molar-refractivity contribution in [2.24, 2.45) is 5.92 Å². The molecule has 1 saturated heterocycles. The summed E-state index contributed by atoms with van der Waals surface area (Å²) in [5.41, 5.74) is 0.137. The number of halogens is 4. The molecule has 0 bridgehead atoms. The summed E-state index contributed by atoms with van der Waals surface area (Å²) in [6.45, 7) is 4.18. The number of aromatic nitrogens is 3. The predicted octanol–water partition coefficient (Wildman–Crippen LogP) is 4.82. The van der Waals surface area contributed by atoms with Crippen molar-refractivity contribution in [2.75, 3.05) is 23.3 Å². The normalized spacial score (nSPS) is 15.5. The zero-order valence-corrected chi connectivity index (χ0v) is 17.5. The first-order valence-electron chi connectivity index (χ1n) is 9.94. The fourth-order valence-electron chi connectivity index (χ4n) is 3.60. The summed E-state index contributed by atoms with van der Waals surface area (Å²) in [7, 11) is 0. The maximum Gasteiger partial charge on any atom is 0.417 e. The van der Waals surface area contributed by atoms with Crippen LogP contribution in [0.25, 0.3) is 5.65 Å². The summed E-state index contributed by atoms with van der Waals surface area (Å²) in [6, 6.07) is 4.48. The fraction of sp³-hybridized carbons (Fsp3) is 0.381. The van der Waals surface area contributed by atoms with E-state index in [0.717, 1.165) is 49.9 Å². The van der Waals surface area contributed by atoms with Gasteiger partial charge in [0.25, 0.3) is 0 Å². The van der Waals surface area contributed by atoms with E-state index in [1.54, 1.807) is 12.3 Å². The second kappa shape index (κ2) is 8.37. The Kier molecular flexibility index (Phi) is 5.79. The summed E-state index contributed by atoms with van der Waals surface area (Å²) >= 11 is 5.94. The molecule has 0 aromatic carbocycles. The van der Waals surface area contributed by atoms with Gasteiger partial charge in [-0.15, -0.1) is 0 Å². The second-order valence-corrected chi connectivity index (χ2v) is 8.24. The zero-order valence-electron chi connectivity index (χ0n) is 16.8. The van der Waals surface area contributed by atoms with Crippen molar-refractivity contribution in [1.82, 2.24) is 14.4 Å². The van der Waals surface area contributed by atoms with Crippen LogP contribution in [0.2, 0.25) is 5.02 Å². The molecule has 0 spiro atoms. The van der Waals surface area contributed by atoms with E-state index in [2.05, 4.69) is 27.1 Å². The smallest absolute Gasteiger partial charge is 0.357 e. The van der Waals surface area contributed by atoms with E-state index >= 15 is 0 Å². The molecule has 4 heterocycles. The molecule has 31 heavy (non-hydrogen) atoms. The lowest BCUT2D eigenvalue weighted by molar-refractivity contribution is -0.137. The van der Waals surface area contributed by atoms with Gasteiger partial charge in [-0.3, -0.25) is 4.79 Å². The summed E-state index contributed by atoms with van der Waals surface area (Å²) in [6.07, 6.45) is 1.51. The number of imidazole rings is 1. The standard InChI is InChI=1S/C21H21ClF3N5O/c1-13-4-6-29(7-5-13)18-3-2-15(10-26-18)27-19(31)9-16-12-30-11-14(21(23,24)25)8-17(22)20(30)28-16/h2-3,8,10-13H,4-7,9H2,1H3,(H,27,31). The third-order valence-corrected chi connectivity index (χ3v) is 5.64. The highest BCUT2D eigenvalue weighted by molar-refractivity contribution is 6.33. The molecular formula is C21H21ClF3N5O. The van der Waals surface area contributed by atoms with Gasteiger partial charge in [0, 0.05) is 25.5 Å². The molecule has 0 atom stereocenters. The van der Waals surface area contributed by atoms with Gasteiger partial charge >= 0.3 is 6.18 Å². The molecule has 3 aromatic rings. The number of carbonyl (C=O) groups excluding carboxylic acids is 1. The number of amides is 1. The van der Waals surface area contributed by atoms with Gasteiger partial charge in [-0.25, -0.2) is 9.97 Å². The molecule has 1 aliphatic heterocycles. The minimum atomic E-state index is -4.52. The number of carbonyl (C=O) groups is 1.